The number of halogens is 1. The fraction of sp³-hybridized carbons (Fsp3) is 0.368. The van der Waals surface area contributed by atoms with Crippen molar-refractivity contribution in [1.29, 1.82) is 0 Å². The lowest BCUT2D eigenvalue weighted by molar-refractivity contribution is 0.368. The van der Waals surface area contributed by atoms with Crippen LogP contribution in [0.3, 0.4) is 0 Å². The summed E-state index contributed by atoms with van der Waals surface area (Å²) < 4.78 is 5.86. The fourth-order valence-corrected chi connectivity index (χ4v) is 3.51. The van der Waals surface area contributed by atoms with Crippen molar-refractivity contribution in [3.63, 3.8) is 0 Å². The molecule has 4 rings (SSSR count). The first-order chi connectivity index (χ1) is 13.7. The maximum absolute atomic E-state index is 6.02. The van der Waals surface area contributed by atoms with Crippen LogP contribution in [0.25, 0.3) is 0 Å². The number of benzene rings is 1. The Labute approximate surface area is 168 Å². The number of aromatic nitrogens is 4. The largest absolute Gasteiger partial charge is 0.424 e. The molecule has 1 aliphatic rings. The molecule has 0 saturated carbocycles. The molecule has 3 heterocycles. The summed E-state index contributed by atoms with van der Waals surface area (Å²) >= 11 is 6.02. The van der Waals surface area contributed by atoms with Crippen LogP contribution in [0.5, 0.6) is 0 Å². The standard InChI is InChI=1S/C19H22ClN7O/c20-15-2-3-16(21)14(10-15)11-22-12-17-25-26-18(28-17)13-4-8-27(9-5-13)19-23-6-1-7-24-19/h1-3,6-7,10,13,22H,4-5,8-9,11-12,21H2. The monoisotopic (exact) mass is 399 g/mol. The number of anilines is 2. The second-order valence-electron chi connectivity index (χ2n) is 6.79. The second kappa shape index (κ2) is 8.53. The van der Waals surface area contributed by atoms with Crippen LogP contribution in [0, 0.1) is 0 Å². The molecule has 1 aliphatic heterocycles. The van der Waals surface area contributed by atoms with Gasteiger partial charge in [-0.25, -0.2) is 9.97 Å². The molecule has 3 N–H and O–H groups in total. The van der Waals surface area contributed by atoms with Crippen molar-refractivity contribution in [3.8, 4) is 0 Å². The maximum atomic E-state index is 6.02. The molecule has 1 saturated heterocycles. The molecule has 0 spiro atoms. The Morgan fingerprint density at radius 1 is 1.14 bits per heavy atom. The number of nitrogens with one attached hydrogen (secondary N) is 1. The van der Waals surface area contributed by atoms with Crippen LogP contribution in [0.15, 0.2) is 41.1 Å². The topological polar surface area (TPSA) is 106 Å². The molecule has 3 aromatic rings. The van der Waals surface area contributed by atoms with Crippen LogP contribution in [0.2, 0.25) is 5.02 Å². The Morgan fingerprint density at radius 2 is 1.93 bits per heavy atom. The lowest BCUT2D eigenvalue weighted by atomic mass is 9.97. The SMILES string of the molecule is Nc1ccc(Cl)cc1CNCc1nnc(C2CCN(c3ncccn3)CC2)o1. The Balaban J connectivity index is 1.28. The minimum absolute atomic E-state index is 0.268. The quantitative estimate of drug-likeness (QED) is 0.609. The average molecular weight is 400 g/mol. The van der Waals surface area contributed by atoms with Gasteiger partial charge in [0, 0.05) is 48.7 Å². The first-order valence-electron chi connectivity index (χ1n) is 9.28. The van der Waals surface area contributed by atoms with E-state index in [-0.39, 0.29) is 5.92 Å². The third-order valence-electron chi connectivity index (χ3n) is 4.86. The number of hydrogen-bond acceptors (Lipinski definition) is 8. The zero-order valence-corrected chi connectivity index (χ0v) is 16.1. The molecular formula is C19H22ClN7O. The molecule has 0 atom stereocenters. The van der Waals surface area contributed by atoms with Crippen molar-refractivity contribution >= 4 is 23.2 Å². The van der Waals surface area contributed by atoms with Crippen LogP contribution in [-0.4, -0.2) is 33.3 Å². The van der Waals surface area contributed by atoms with Gasteiger partial charge in [-0.3, -0.25) is 0 Å². The lowest BCUT2D eigenvalue weighted by Gasteiger charge is -2.30. The number of nitrogen functional groups attached to an aromatic ring is 1. The first-order valence-corrected chi connectivity index (χ1v) is 9.65. The van der Waals surface area contributed by atoms with E-state index in [9.17, 15) is 0 Å². The smallest absolute Gasteiger partial charge is 0.230 e. The predicted octanol–water partition coefficient (Wildman–Crippen LogP) is 2.77. The molecule has 0 aliphatic carbocycles. The van der Waals surface area contributed by atoms with Gasteiger partial charge in [0.05, 0.1) is 6.54 Å². The van der Waals surface area contributed by atoms with Gasteiger partial charge in [-0.1, -0.05) is 11.6 Å². The summed E-state index contributed by atoms with van der Waals surface area (Å²) in [5.74, 6) is 2.32. The number of nitrogens with zero attached hydrogens (tertiary/aromatic N) is 5. The van der Waals surface area contributed by atoms with Crippen molar-refractivity contribution in [1.82, 2.24) is 25.5 Å². The van der Waals surface area contributed by atoms with Gasteiger partial charge in [-0.05, 0) is 42.7 Å². The van der Waals surface area contributed by atoms with Crippen LogP contribution >= 0.6 is 11.6 Å². The van der Waals surface area contributed by atoms with Crippen molar-refractivity contribution in [3.05, 3.63) is 59.0 Å². The minimum Gasteiger partial charge on any atom is -0.424 e. The molecule has 0 amide bonds. The highest BCUT2D eigenvalue weighted by Crippen LogP contribution is 2.28. The summed E-state index contributed by atoms with van der Waals surface area (Å²) in [6, 6.07) is 7.26. The van der Waals surface area contributed by atoms with Gasteiger partial charge in [0.1, 0.15) is 0 Å². The molecule has 0 radical (unpaired) electrons. The lowest BCUT2D eigenvalue weighted by Crippen LogP contribution is -2.34. The molecule has 1 aromatic carbocycles. The molecule has 1 fully saturated rings. The molecular weight excluding hydrogens is 378 g/mol. The first kappa shape index (κ1) is 18.6. The Morgan fingerprint density at radius 3 is 2.71 bits per heavy atom. The van der Waals surface area contributed by atoms with Crippen molar-refractivity contribution < 1.29 is 4.42 Å². The van der Waals surface area contributed by atoms with Gasteiger partial charge in [-0.2, -0.15) is 0 Å². The molecule has 28 heavy (non-hydrogen) atoms. The van der Waals surface area contributed by atoms with Crippen molar-refractivity contribution in [2.45, 2.75) is 31.8 Å². The summed E-state index contributed by atoms with van der Waals surface area (Å²) in [5, 5.41) is 12.3. The number of hydrogen-bond donors (Lipinski definition) is 2. The van der Waals surface area contributed by atoms with Gasteiger partial charge in [-0.15, -0.1) is 10.2 Å². The van der Waals surface area contributed by atoms with E-state index in [0.717, 1.165) is 37.4 Å². The summed E-state index contributed by atoms with van der Waals surface area (Å²) in [7, 11) is 0. The highest BCUT2D eigenvalue weighted by atomic mass is 35.5. The summed E-state index contributed by atoms with van der Waals surface area (Å²) in [4.78, 5) is 10.8. The van der Waals surface area contributed by atoms with Crippen LogP contribution in [0.4, 0.5) is 11.6 Å². The van der Waals surface area contributed by atoms with Gasteiger partial charge in [0.15, 0.2) is 0 Å². The van der Waals surface area contributed by atoms with Crippen molar-refractivity contribution in [2.24, 2.45) is 0 Å². The van der Waals surface area contributed by atoms with Crippen LogP contribution in [0.1, 0.15) is 36.1 Å². The fourth-order valence-electron chi connectivity index (χ4n) is 3.32. The normalized spacial score (nSPS) is 15.1. The molecule has 2 aromatic heterocycles. The van der Waals surface area contributed by atoms with Crippen molar-refractivity contribution in [2.75, 3.05) is 23.7 Å². The number of rotatable bonds is 6. The highest BCUT2D eigenvalue weighted by molar-refractivity contribution is 6.30. The number of nitrogens with two attached hydrogens (primary N) is 1. The van der Waals surface area contributed by atoms with E-state index in [1.165, 1.54) is 0 Å². The van der Waals surface area contributed by atoms with E-state index < -0.39 is 0 Å². The van der Waals surface area contributed by atoms with Gasteiger partial charge < -0.3 is 20.4 Å². The maximum Gasteiger partial charge on any atom is 0.230 e. The summed E-state index contributed by atoms with van der Waals surface area (Å²) in [5.41, 5.74) is 7.61. The molecule has 0 unspecified atom stereocenters. The molecule has 9 heteroatoms. The zero-order valence-electron chi connectivity index (χ0n) is 15.4. The average Bonchev–Trinajstić information content (AvgIpc) is 3.20. The Hall–Kier alpha value is -2.71. The van der Waals surface area contributed by atoms with Crippen LogP contribution < -0.4 is 16.0 Å². The highest BCUT2D eigenvalue weighted by Gasteiger charge is 2.26. The van der Waals surface area contributed by atoms with E-state index in [2.05, 4.69) is 30.4 Å². The zero-order chi connectivity index (χ0) is 19.3. The minimum atomic E-state index is 0.268. The Kier molecular flexibility index (Phi) is 5.68. The molecule has 8 nitrogen and oxygen atoms in total. The van der Waals surface area contributed by atoms with E-state index in [4.69, 9.17) is 21.8 Å². The van der Waals surface area contributed by atoms with Gasteiger partial charge in [0.25, 0.3) is 0 Å². The number of piperidine rings is 1. The molecule has 0 bridgehead atoms. The second-order valence-corrected chi connectivity index (χ2v) is 7.23. The molecule has 146 valence electrons. The van der Waals surface area contributed by atoms with E-state index in [1.807, 2.05) is 12.1 Å². The Bertz CT molecular complexity index is 910. The summed E-state index contributed by atoms with van der Waals surface area (Å²) in [6.45, 7) is 2.81. The van der Waals surface area contributed by atoms with E-state index in [1.54, 1.807) is 24.5 Å². The van der Waals surface area contributed by atoms with E-state index >= 15 is 0 Å². The third kappa shape index (κ3) is 4.40. The van der Waals surface area contributed by atoms with Crippen LogP contribution in [-0.2, 0) is 13.1 Å². The van der Waals surface area contributed by atoms with E-state index in [0.29, 0.717) is 35.6 Å². The van der Waals surface area contributed by atoms with Gasteiger partial charge in [0.2, 0.25) is 17.7 Å². The van der Waals surface area contributed by atoms with Gasteiger partial charge >= 0.3 is 0 Å². The predicted molar refractivity (Wildman–Crippen MR) is 107 cm³/mol. The summed E-state index contributed by atoms with van der Waals surface area (Å²) in [6.07, 6.45) is 5.41. The third-order valence-corrected chi connectivity index (χ3v) is 5.09.